The highest BCUT2D eigenvalue weighted by Crippen LogP contribution is 2.35. The Hall–Kier alpha value is -1.72. The van der Waals surface area contributed by atoms with Gasteiger partial charge < -0.3 is 20.7 Å². The van der Waals surface area contributed by atoms with Gasteiger partial charge in [-0.25, -0.2) is 0 Å². The molecule has 2 aromatic rings. The fourth-order valence-corrected chi connectivity index (χ4v) is 4.94. The van der Waals surface area contributed by atoms with Crippen molar-refractivity contribution in [2.24, 2.45) is 16.6 Å². The zero-order valence-electron chi connectivity index (χ0n) is 19.0. The first-order valence-electron chi connectivity index (χ1n) is 10.9. The highest BCUT2D eigenvalue weighted by molar-refractivity contribution is 9.10. The third-order valence-electron chi connectivity index (χ3n) is 6.28. The molecule has 1 aliphatic carbocycles. The van der Waals surface area contributed by atoms with Gasteiger partial charge >= 0.3 is 6.36 Å². The van der Waals surface area contributed by atoms with Gasteiger partial charge in [-0.1, -0.05) is 34.1 Å². The van der Waals surface area contributed by atoms with Crippen molar-refractivity contribution in [3.63, 3.8) is 0 Å². The summed E-state index contributed by atoms with van der Waals surface area (Å²) in [6.07, 6.45) is -1.29. The van der Waals surface area contributed by atoms with Gasteiger partial charge in [0, 0.05) is 46.8 Å². The van der Waals surface area contributed by atoms with Gasteiger partial charge in [0.05, 0.1) is 0 Å². The van der Waals surface area contributed by atoms with Crippen LogP contribution in [0.2, 0.25) is 0 Å². The molecular formula is C23H29BrCl2F3N5O. The van der Waals surface area contributed by atoms with Crippen LogP contribution < -0.4 is 26.4 Å². The van der Waals surface area contributed by atoms with E-state index in [0.29, 0.717) is 10.0 Å². The fraction of sp³-hybridized carbons (Fsp3) is 0.435. The first kappa shape index (κ1) is 29.5. The van der Waals surface area contributed by atoms with Crippen LogP contribution in [0.15, 0.2) is 51.9 Å². The lowest BCUT2D eigenvalue weighted by atomic mass is 9.80. The van der Waals surface area contributed by atoms with Crippen LogP contribution in [-0.4, -0.2) is 31.1 Å². The molecule has 1 aliphatic heterocycles. The van der Waals surface area contributed by atoms with Gasteiger partial charge in [0.25, 0.3) is 0 Å². The minimum Gasteiger partial charge on any atom is -0.405 e. The maximum absolute atomic E-state index is 12.8. The van der Waals surface area contributed by atoms with Crippen LogP contribution in [0.5, 0.6) is 5.75 Å². The molecule has 35 heavy (non-hydrogen) atoms. The number of nitrogens with one attached hydrogen (secondary N) is 3. The van der Waals surface area contributed by atoms with Gasteiger partial charge in [0.15, 0.2) is 5.79 Å². The summed E-state index contributed by atoms with van der Waals surface area (Å²) in [6.45, 7) is 0.290. The van der Waals surface area contributed by atoms with E-state index in [1.807, 2.05) is 24.3 Å². The number of alkyl halides is 3. The number of para-hydroxylation sites is 1. The lowest BCUT2D eigenvalue weighted by Gasteiger charge is -2.46. The molecule has 6 nitrogen and oxygen atoms in total. The predicted molar refractivity (Wildman–Crippen MR) is 140 cm³/mol. The number of ether oxygens (including phenoxy) is 1. The Bertz CT molecular complexity index is 1030. The summed E-state index contributed by atoms with van der Waals surface area (Å²) >= 11 is 3.20. The Balaban J connectivity index is 0.00000216. The molecule has 194 valence electrons. The number of rotatable bonds is 5. The average Bonchev–Trinajstić information content (AvgIpc) is 2.77. The maximum atomic E-state index is 12.8. The summed E-state index contributed by atoms with van der Waals surface area (Å²) < 4.78 is 43.0. The maximum Gasteiger partial charge on any atom is 0.573 e. The number of fused-ring (bicyclic) bond motifs is 1. The number of hydrogen-bond donors (Lipinski definition) is 4. The molecule has 1 saturated carbocycles. The number of nitrogens with two attached hydrogens (primary N) is 1. The van der Waals surface area contributed by atoms with Crippen LogP contribution in [0, 0.1) is 5.92 Å². The zero-order chi connectivity index (χ0) is 23.6. The lowest BCUT2D eigenvalue weighted by Crippen LogP contribution is -2.69. The van der Waals surface area contributed by atoms with Gasteiger partial charge in [-0.3, -0.25) is 10.7 Å². The molecule has 0 spiro atoms. The second-order valence-electron chi connectivity index (χ2n) is 8.47. The van der Waals surface area contributed by atoms with E-state index in [2.05, 4.69) is 41.6 Å². The van der Waals surface area contributed by atoms with Crippen molar-refractivity contribution in [1.82, 2.24) is 10.6 Å². The lowest BCUT2D eigenvalue weighted by molar-refractivity contribution is -0.274. The van der Waals surface area contributed by atoms with Crippen LogP contribution in [0.4, 0.5) is 18.9 Å². The highest BCUT2D eigenvalue weighted by Gasteiger charge is 2.41. The van der Waals surface area contributed by atoms with Gasteiger partial charge in [-0.05, 0) is 49.9 Å². The standard InChI is InChI=1S/C23H27BrF3N5O.2ClH/c1-29-21-18-4-2-3-5-19(18)31-22(28,32-21)15-7-10-17(11-8-15)30-13-14-6-9-16(24)12-20(14)33-23(25,26)27;;/h2-6,9,12,15,17,30-31H,7-8,10-11,13,28H2,1H3,(H,29,32);2*1H. The van der Waals surface area contributed by atoms with E-state index >= 15 is 0 Å². The van der Waals surface area contributed by atoms with E-state index in [9.17, 15) is 13.2 Å². The van der Waals surface area contributed by atoms with Crippen LogP contribution in [-0.2, 0) is 6.54 Å². The number of halogens is 6. The number of hydrogen-bond acceptors (Lipinski definition) is 5. The molecule has 4 rings (SSSR count). The van der Waals surface area contributed by atoms with Crippen molar-refractivity contribution >= 4 is 52.3 Å². The largest absolute Gasteiger partial charge is 0.573 e. The molecule has 2 aromatic carbocycles. The molecule has 1 heterocycles. The molecule has 0 amide bonds. The molecule has 2 aliphatic rings. The van der Waals surface area contributed by atoms with E-state index in [1.165, 1.54) is 6.07 Å². The predicted octanol–water partition coefficient (Wildman–Crippen LogP) is 5.54. The monoisotopic (exact) mass is 597 g/mol. The normalized spacial score (nSPS) is 24.8. The number of anilines is 1. The average molecular weight is 599 g/mol. The summed E-state index contributed by atoms with van der Waals surface area (Å²) in [5, 5.41) is 10.2. The minimum absolute atomic E-state index is 0. The summed E-state index contributed by atoms with van der Waals surface area (Å²) in [7, 11) is 1.74. The van der Waals surface area contributed by atoms with Crippen molar-refractivity contribution in [1.29, 1.82) is 0 Å². The van der Waals surface area contributed by atoms with Crippen LogP contribution in [0.3, 0.4) is 0 Å². The van der Waals surface area contributed by atoms with Crippen LogP contribution >= 0.6 is 40.7 Å². The van der Waals surface area contributed by atoms with E-state index in [-0.39, 0.29) is 49.1 Å². The molecule has 1 fully saturated rings. The number of nitrogens with zero attached hydrogens (tertiary/aromatic N) is 1. The van der Waals surface area contributed by atoms with Crippen molar-refractivity contribution in [3.8, 4) is 5.75 Å². The topological polar surface area (TPSA) is 83.7 Å². The van der Waals surface area contributed by atoms with Crippen molar-refractivity contribution in [2.45, 2.75) is 50.4 Å². The van der Waals surface area contributed by atoms with Crippen LogP contribution in [0.1, 0.15) is 36.8 Å². The molecule has 1 unspecified atom stereocenters. The van der Waals surface area contributed by atoms with Crippen molar-refractivity contribution < 1.29 is 17.9 Å². The SMILES string of the molecule is CN=C1NC(N)(C2CCC(NCc3ccc(Br)cc3OC(F)(F)F)CC2)Nc2ccccc21.Cl.Cl. The van der Waals surface area contributed by atoms with Gasteiger partial charge in [-0.2, -0.15) is 0 Å². The Kier molecular flexibility index (Phi) is 10.1. The van der Waals surface area contributed by atoms with E-state index in [4.69, 9.17) is 5.73 Å². The molecule has 0 radical (unpaired) electrons. The third kappa shape index (κ3) is 7.16. The second-order valence-corrected chi connectivity index (χ2v) is 9.38. The Morgan fingerprint density at radius 2 is 1.80 bits per heavy atom. The third-order valence-corrected chi connectivity index (χ3v) is 6.77. The van der Waals surface area contributed by atoms with Crippen LogP contribution in [0.25, 0.3) is 0 Å². The molecule has 0 aromatic heterocycles. The number of benzene rings is 2. The Morgan fingerprint density at radius 1 is 1.11 bits per heavy atom. The summed E-state index contributed by atoms with van der Waals surface area (Å²) in [4.78, 5) is 4.37. The van der Waals surface area contributed by atoms with E-state index < -0.39 is 12.1 Å². The first-order chi connectivity index (χ1) is 15.7. The molecule has 1 atom stereocenters. The summed E-state index contributed by atoms with van der Waals surface area (Å²) in [5.74, 6) is -0.0789. The molecule has 12 heteroatoms. The second kappa shape index (κ2) is 12.0. The zero-order valence-corrected chi connectivity index (χ0v) is 22.2. The van der Waals surface area contributed by atoms with Gasteiger partial charge in [-0.15, -0.1) is 38.0 Å². The van der Waals surface area contributed by atoms with Gasteiger partial charge in [0.1, 0.15) is 11.6 Å². The van der Waals surface area contributed by atoms with Crippen molar-refractivity contribution in [3.05, 3.63) is 58.1 Å². The minimum atomic E-state index is -4.73. The molecule has 5 N–H and O–H groups in total. The Morgan fingerprint density at radius 3 is 2.46 bits per heavy atom. The smallest absolute Gasteiger partial charge is 0.405 e. The first-order valence-corrected chi connectivity index (χ1v) is 11.6. The summed E-state index contributed by atoms with van der Waals surface area (Å²) in [6, 6.07) is 12.8. The van der Waals surface area contributed by atoms with Crippen molar-refractivity contribution in [2.75, 3.05) is 12.4 Å². The molecule has 0 bridgehead atoms. The fourth-order valence-electron chi connectivity index (χ4n) is 4.60. The molecular weight excluding hydrogens is 570 g/mol. The Labute approximate surface area is 223 Å². The van der Waals surface area contributed by atoms with E-state index in [0.717, 1.165) is 42.8 Å². The molecule has 0 saturated heterocycles. The summed E-state index contributed by atoms with van der Waals surface area (Å²) in [5.41, 5.74) is 9.17. The quantitative estimate of drug-likeness (QED) is 0.363. The van der Waals surface area contributed by atoms with Gasteiger partial charge in [0.2, 0.25) is 0 Å². The van der Waals surface area contributed by atoms with E-state index in [1.54, 1.807) is 19.2 Å². The highest BCUT2D eigenvalue weighted by atomic mass is 79.9. The number of amidine groups is 1. The number of aliphatic imine (C=N–C) groups is 1.